The monoisotopic (exact) mass is 619 g/mol. The van der Waals surface area contributed by atoms with Crippen LogP contribution < -0.4 is 9.47 Å². The number of nitrogens with zero attached hydrogens (tertiary/aromatic N) is 1. The number of hydrogen-bond acceptors (Lipinski definition) is 5. The lowest BCUT2D eigenvalue weighted by Crippen LogP contribution is -2.29. The van der Waals surface area contributed by atoms with Crippen LogP contribution in [-0.2, 0) is 17.8 Å². The summed E-state index contributed by atoms with van der Waals surface area (Å²) in [6.07, 6.45) is 3.21. The molecule has 4 rings (SSSR count). The number of amides is 2. The van der Waals surface area contributed by atoms with Crippen molar-refractivity contribution < 1.29 is 19.1 Å². The molecule has 0 atom stereocenters. The number of halogens is 3. The lowest BCUT2D eigenvalue weighted by molar-refractivity contribution is -0.122. The summed E-state index contributed by atoms with van der Waals surface area (Å²) in [5.41, 5.74) is 2.75. The molecule has 1 aliphatic heterocycles. The number of carbonyl (C=O) groups is 2. The molecule has 0 bridgehead atoms. The van der Waals surface area contributed by atoms with E-state index in [1.165, 1.54) is 10.5 Å². The molecule has 0 N–H and O–H groups in total. The van der Waals surface area contributed by atoms with E-state index in [2.05, 4.69) is 15.9 Å². The van der Waals surface area contributed by atoms with Crippen LogP contribution >= 0.6 is 50.9 Å². The van der Waals surface area contributed by atoms with Crippen LogP contribution in [0.5, 0.6) is 11.5 Å². The first-order valence-electron chi connectivity index (χ1n) is 11.7. The summed E-state index contributed by atoms with van der Waals surface area (Å²) in [5, 5.41) is 0.679. The molecule has 0 unspecified atom stereocenters. The third-order valence-corrected chi connectivity index (χ3v) is 7.92. The van der Waals surface area contributed by atoms with E-state index < -0.39 is 0 Å². The quantitative estimate of drug-likeness (QED) is 0.213. The molecule has 5 nitrogen and oxygen atoms in total. The van der Waals surface area contributed by atoms with Gasteiger partial charge < -0.3 is 9.47 Å². The van der Waals surface area contributed by atoms with Crippen LogP contribution in [0.3, 0.4) is 0 Å². The van der Waals surface area contributed by atoms with Crippen LogP contribution in [-0.4, -0.2) is 29.2 Å². The molecule has 2 amide bonds. The van der Waals surface area contributed by atoms with E-state index in [1.54, 1.807) is 30.3 Å². The van der Waals surface area contributed by atoms with Gasteiger partial charge in [-0.25, -0.2) is 0 Å². The first-order chi connectivity index (χ1) is 17.9. The van der Waals surface area contributed by atoms with Gasteiger partial charge in [-0.15, -0.1) is 0 Å². The summed E-state index contributed by atoms with van der Waals surface area (Å²) in [5.74, 6) is 0.776. The van der Waals surface area contributed by atoms with Gasteiger partial charge in [-0.2, -0.15) is 0 Å². The number of aryl methyl sites for hydroxylation is 1. The van der Waals surface area contributed by atoms with Crippen LogP contribution in [0.2, 0.25) is 10.0 Å². The van der Waals surface area contributed by atoms with Crippen molar-refractivity contribution in [3.05, 3.63) is 96.8 Å². The second-order valence-electron chi connectivity index (χ2n) is 8.21. The van der Waals surface area contributed by atoms with E-state index in [9.17, 15) is 9.59 Å². The van der Waals surface area contributed by atoms with E-state index in [1.807, 2.05) is 43.3 Å². The first kappa shape index (κ1) is 27.6. The summed E-state index contributed by atoms with van der Waals surface area (Å²) in [6, 6.07) is 18.9. The summed E-state index contributed by atoms with van der Waals surface area (Å²) in [7, 11) is 0. The Balaban J connectivity index is 1.47. The molecule has 37 heavy (non-hydrogen) atoms. The molecular weight excluding hydrogens is 597 g/mol. The largest absolute Gasteiger partial charge is 0.490 e. The van der Waals surface area contributed by atoms with Gasteiger partial charge in [-0.05, 0) is 78.6 Å². The van der Waals surface area contributed by atoms with Crippen molar-refractivity contribution in [2.24, 2.45) is 0 Å². The van der Waals surface area contributed by atoms with Crippen molar-refractivity contribution in [2.75, 3.05) is 13.2 Å². The predicted octanol–water partition coefficient (Wildman–Crippen LogP) is 8.40. The Hall–Kier alpha value is -2.45. The lowest BCUT2D eigenvalue weighted by atomic mass is 10.1. The fraction of sp³-hybridized carbons (Fsp3) is 0.214. The van der Waals surface area contributed by atoms with Crippen LogP contribution in [0.1, 0.15) is 30.0 Å². The zero-order valence-corrected chi connectivity index (χ0v) is 23.9. The van der Waals surface area contributed by atoms with Gasteiger partial charge in [0.15, 0.2) is 11.5 Å². The van der Waals surface area contributed by atoms with E-state index in [4.69, 9.17) is 32.7 Å². The molecule has 0 radical (unpaired) electrons. The fourth-order valence-electron chi connectivity index (χ4n) is 3.75. The zero-order valence-electron chi connectivity index (χ0n) is 20.0. The molecule has 1 saturated heterocycles. The van der Waals surface area contributed by atoms with Gasteiger partial charge in [0.25, 0.3) is 11.1 Å². The number of benzene rings is 3. The summed E-state index contributed by atoms with van der Waals surface area (Å²) in [6.45, 7) is 2.96. The van der Waals surface area contributed by atoms with Crippen LogP contribution in [0, 0.1) is 0 Å². The average Bonchev–Trinajstić information content (AvgIpc) is 3.15. The molecule has 1 aliphatic rings. The normalized spacial score (nSPS) is 14.5. The average molecular weight is 621 g/mol. The minimum atomic E-state index is -0.284. The Labute approximate surface area is 238 Å². The highest BCUT2D eigenvalue weighted by molar-refractivity contribution is 9.10. The number of thioether (sulfide) groups is 1. The highest BCUT2D eigenvalue weighted by atomic mass is 79.9. The third kappa shape index (κ3) is 7.11. The van der Waals surface area contributed by atoms with Gasteiger partial charge in [0, 0.05) is 11.0 Å². The number of ether oxygens (including phenoxy) is 2. The van der Waals surface area contributed by atoms with Gasteiger partial charge >= 0.3 is 0 Å². The molecule has 3 aromatic carbocycles. The highest BCUT2D eigenvalue weighted by Gasteiger charge is 2.34. The minimum Gasteiger partial charge on any atom is -0.490 e. The Morgan fingerprint density at radius 3 is 2.43 bits per heavy atom. The van der Waals surface area contributed by atoms with Crippen molar-refractivity contribution in [3.63, 3.8) is 0 Å². The first-order valence-corrected chi connectivity index (χ1v) is 14.0. The molecule has 9 heteroatoms. The van der Waals surface area contributed by atoms with Gasteiger partial charge in [0.1, 0.15) is 6.61 Å². The van der Waals surface area contributed by atoms with Gasteiger partial charge in [0.2, 0.25) is 0 Å². The number of imide groups is 1. The van der Waals surface area contributed by atoms with Gasteiger partial charge in [-0.3, -0.25) is 14.5 Å². The summed E-state index contributed by atoms with van der Waals surface area (Å²) >= 11 is 16.6. The molecular formula is C28H24BrCl2NO4S. The molecule has 3 aromatic rings. The van der Waals surface area contributed by atoms with Crippen molar-refractivity contribution in [2.45, 2.75) is 26.4 Å². The smallest absolute Gasteiger partial charge is 0.293 e. The fourth-order valence-corrected chi connectivity index (χ4v) is 5.37. The second-order valence-corrected chi connectivity index (χ2v) is 10.9. The van der Waals surface area contributed by atoms with E-state index >= 15 is 0 Å². The van der Waals surface area contributed by atoms with Crippen molar-refractivity contribution in [3.8, 4) is 11.5 Å². The van der Waals surface area contributed by atoms with Gasteiger partial charge in [-0.1, -0.05) is 75.5 Å². The molecule has 192 valence electrons. The molecule has 0 aromatic heterocycles. The number of rotatable bonds is 10. The number of carbonyl (C=O) groups excluding carboxylic acids is 2. The third-order valence-electron chi connectivity index (χ3n) is 5.59. The molecule has 1 heterocycles. The molecule has 0 aliphatic carbocycles. The van der Waals surface area contributed by atoms with Crippen molar-refractivity contribution >= 4 is 68.1 Å². The minimum absolute atomic E-state index is 0.257. The number of hydrogen-bond donors (Lipinski definition) is 0. The maximum atomic E-state index is 13.0. The van der Waals surface area contributed by atoms with E-state index in [0.717, 1.165) is 23.7 Å². The standard InChI is InChI=1S/C28H24BrCl2NO4S/c1-2-35-24-14-20(21(29)16-25(24)36-17-19-10-11-22(30)23(31)13-19)15-26-27(33)32(28(34)37-26)12-6-9-18-7-4-3-5-8-18/h3-5,7-8,10-11,13-16H,2,6,9,12,17H2,1H3/b26-15+. The summed E-state index contributed by atoms with van der Waals surface area (Å²) < 4.78 is 12.5. The second kappa shape index (κ2) is 12.9. The van der Waals surface area contributed by atoms with E-state index in [-0.39, 0.29) is 17.8 Å². The maximum absolute atomic E-state index is 13.0. The Morgan fingerprint density at radius 2 is 1.70 bits per heavy atom. The van der Waals surface area contributed by atoms with Crippen molar-refractivity contribution in [1.82, 2.24) is 4.90 Å². The predicted molar refractivity (Wildman–Crippen MR) is 154 cm³/mol. The van der Waals surface area contributed by atoms with Crippen LogP contribution in [0.15, 0.2) is 70.0 Å². The van der Waals surface area contributed by atoms with Crippen molar-refractivity contribution in [1.29, 1.82) is 0 Å². The van der Waals surface area contributed by atoms with Crippen LogP contribution in [0.25, 0.3) is 6.08 Å². The molecule has 0 saturated carbocycles. The maximum Gasteiger partial charge on any atom is 0.293 e. The Morgan fingerprint density at radius 1 is 0.946 bits per heavy atom. The van der Waals surface area contributed by atoms with E-state index in [0.29, 0.717) is 56.1 Å². The van der Waals surface area contributed by atoms with Gasteiger partial charge in [0.05, 0.1) is 21.6 Å². The zero-order chi connectivity index (χ0) is 26.4. The SMILES string of the molecule is CCOc1cc(/C=C2/SC(=O)N(CCCc3ccccc3)C2=O)c(Br)cc1OCc1ccc(Cl)c(Cl)c1. The summed E-state index contributed by atoms with van der Waals surface area (Å²) in [4.78, 5) is 27.2. The molecule has 1 fully saturated rings. The topological polar surface area (TPSA) is 55.8 Å². The molecule has 0 spiro atoms. The highest BCUT2D eigenvalue weighted by Crippen LogP contribution is 2.38. The Bertz CT molecular complexity index is 1330. The van der Waals surface area contributed by atoms with Crippen LogP contribution in [0.4, 0.5) is 4.79 Å². The Kier molecular flexibility index (Phi) is 9.60. The lowest BCUT2D eigenvalue weighted by Gasteiger charge is -2.15.